The van der Waals surface area contributed by atoms with Gasteiger partial charge in [-0.25, -0.2) is 4.79 Å². The van der Waals surface area contributed by atoms with E-state index in [4.69, 9.17) is 20.9 Å². The summed E-state index contributed by atoms with van der Waals surface area (Å²) in [6.07, 6.45) is -1.16. The molecule has 0 bridgehead atoms. The van der Waals surface area contributed by atoms with Crippen LogP contribution in [-0.4, -0.2) is 24.7 Å². The Morgan fingerprint density at radius 3 is 2.22 bits per heavy atom. The Hall–Kier alpha value is -3.49. The highest BCUT2D eigenvalue weighted by molar-refractivity contribution is 5.87. The highest BCUT2D eigenvalue weighted by atomic mass is 19.4. The molecule has 9 heteroatoms. The lowest BCUT2D eigenvalue weighted by Gasteiger charge is -2.28. The molecule has 3 rings (SSSR count). The second-order valence-electron chi connectivity index (χ2n) is 9.75. The lowest BCUT2D eigenvalue weighted by molar-refractivity contribution is -0.185. The third kappa shape index (κ3) is 7.26. The van der Waals surface area contributed by atoms with E-state index >= 15 is 0 Å². The number of ether oxygens (including phenoxy) is 2. The highest BCUT2D eigenvalue weighted by Gasteiger charge is 2.42. The number of halogens is 3. The van der Waals surface area contributed by atoms with Crippen molar-refractivity contribution in [2.75, 3.05) is 18.1 Å². The molecule has 1 aliphatic rings. The van der Waals surface area contributed by atoms with Gasteiger partial charge in [-0.1, -0.05) is 32.0 Å². The monoisotopic (exact) mass is 504 g/mol. The van der Waals surface area contributed by atoms with Crippen LogP contribution in [0, 0.1) is 11.8 Å². The summed E-state index contributed by atoms with van der Waals surface area (Å²) >= 11 is 0. The van der Waals surface area contributed by atoms with Gasteiger partial charge in [0.25, 0.3) is 0 Å². The molecule has 1 saturated carbocycles. The van der Waals surface area contributed by atoms with E-state index in [-0.39, 0.29) is 32.3 Å². The maximum atomic E-state index is 12.8. The summed E-state index contributed by atoms with van der Waals surface area (Å²) in [6, 6.07) is 11.7. The van der Waals surface area contributed by atoms with Crippen LogP contribution in [0.3, 0.4) is 0 Å². The minimum absolute atomic E-state index is 0.0619. The van der Waals surface area contributed by atoms with Crippen LogP contribution >= 0.6 is 0 Å². The Morgan fingerprint density at radius 2 is 1.64 bits per heavy atom. The molecule has 0 heterocycles. The smallest absolute Gasteiger partial charge is 0.391 e. The number of esters is 2. The fourth-order valence-corrected chi connectivity index (χ4v) is 4.24. The van der Waals surface area contributed by atoms with Gasteiger partial charge in [0.05, 0.1) is 11.8 Å². The van der Waals surface area contributed by atoms with Crippen LogP contribution in [0.15, 0.2) is 48.5 Å². The van der Waals surface area contributed by atoms with E-state index in [0.29, 0.717) is 22.7 Å². The molecule has 0 radical (unpaired) electrons. The van der Waals surface area contributed by atoms with Gasteiger partial charge < -0.3 is 20.9 Å². The number of alkyl halides is 3. The number of anilines is 2. The molecule has 0 spiro atoms. The van der Waals surface area contributed by atoms with Crippen LogP contribution in [0.4, 0.5) is 24.5 Å². The first-order valence-electron chi connectivity index (χ1n) is 11.7. The molecule has 2 aromatic carbocycles. The number of carbonyl (C=O) groups is 2. The number of carbonyl (C=O) groups excluding carboxylic acids is 2. The van der Waals surface area contributed by atoms with E-state index < -0.39 is 35.4 Å². The second-order valence-corrected chi connectivity index (χ2v) is 9.75. The number of benzene rings is 2. The van der Waals surface area contributed by atoms with Gasteiger partial charge in [-0.05, 0) is 67.2 Å². The molecule has 36 heavy (non-hydrogen) atoms. The predicted octanol–water partition coefficient (Wildman–Crippen LogP) is 5.66. The van der Waals surface area contributed by atoms with Gasteiger partial charge in [0.15, 0.2) is 0 Å². The van der Waals surface area contributed by atoms with Crippen LogP contribution in [0.25, 0.3) is 6.08 Å². The molecule has 0 unspecified atom stereocenters. The molecular formula is C27H31F3N2O4. The SMILES string of the molecule is CC(C)(COC(=O)/C=C/c1ccc(OC(=O)C2CCC(C(F)(F)F)CC2)cc1)c1ccc(N)cc1N. The van der Waals surface area contributed by atoms with Crippen LogP contribution < -0.4 is 16.2 Å². The first kappa shape index (κ1) is 27.1. The van der Waals surface area contributed by atoms with Crippen molar-refractivity contribution >= 4 is 29.4 Å². The molecule has 2 aromatic rings. The van der Waals surface area contributed by atoms with Crippen LogP contribution in [-0.2, 0) is 19.7 Å². The molecule has 0 saturated heterocycles. The van der Waals surface area contributed by atoms with E-state index in [1.54, 1.807) is 42.5 Å². The van der Waals surface area contributed by atoms with Gasteiger partial charge in [0, 0.05) is 22.9 Å². The van der Waals surface area contributed by atoms with Gasteiger partial charge in [0.1, 0.15) is 12.4 Å². The van der Waals surface area contributed by atoms with E-state index in [0.717, 1.165) is 5.56 Å². The quantitative estimate of drug-likeness (QED) is 0.218. The molecule has 1 aliphatic carbocycles. The van der Waals surface area contributed by atoms with Crippen LogP contribution in [0.5, 0.6) is 5.75 Å². The van der Waals surface area contributed by atoms with Gasteiger partial charge in [-0.3, -0.25) is 4.79 Å². The van der Waals surface area contributed by atoms with E-state index in [2.05, 4.69) is 0 Å². The minimum atomic E-state index is -4.22. The van der Waals surface area contributed by atoms with E-state index in [1.165, 1.54) is 6.08 Å². The average molecular weight is 505 g/mol. The zero-order chi connectivity index (χ0) is 26.5. The van der Waals surface area contributed by atoms with Crippen LogP contribution in [0.2, 0.25) is 0 Å². The minimum Gasteiger partial charge on any atom is -0.462 e. The van der Waals surface area contributed by atoms with Crippen molar-refractivity contribution in [1.29, 1.82) is 0 Å². The molecular weight excluding hydrogens is 473 g/mol. The maximum Gasteiger partial charge on any atom is 0.391 e. The largest absolute Gasteiger partial charge is 0.462 e. The Kier molecular flexibility index (Phi) is 8.32. The van der Waals surface area contributed by atoms with Crippen molar-refractivity contribution in [1.82, 2.24) is 0 Å². The molecule has 0 aromatic heterocycles. The Bertz CT molecular complexity index is 1100. The number of nitrogens with two attached hydrogens (primary N) is 2. The van der Waals surface area contributed by atoms with Gasteiger partial charge in [-0.15, -0.1) is 0 Å². The van der Waals surface area contributed by atoms with E-state index in [1.807, 2.05) is 19.9 Å². The second kappa shape index (κ2) is 11.1. The lowest BCUT2D eigenvalue weighted by atomic mass is 9.82. The standard InChI is InChI=1S/C27H31F3N2O4/c1-26(2,22-13-10-20(31)15-23(22)32)16-35-24(33)14-5-17-3-11-21(12-4-17)36-25(34)18-6-8-19(9-7-18)27(28,29)30/h3-5,10-15,18-19H,6-9,16,31-32H2,1-2H3/b14-5+. The summed E-state index contributed by atoms with van der Waals surface area (Å²) in [5.41, 5.74) is 13.9. The summed E-state index contributed by atoms with van der Waals surface area (Å²) in [5.74, 6) is -2.64. The molecule has 6 nitrogen and oxygen atoms in total. The van der Waals surface area contributed by atoms with E-state index in [9.17, 15) is 22.8 Å². The molecule has 0 atom stereocenters. The third-order valence-electron chi connectivity index (χ3n) is 6.41. The highest BCUT2D eigenvalue weighted by Crippen LogP contribution is 2.40. The summed E-state index contributed by atoms with van der Waals surface area (Å²) in [4.78, 5) is 24.5. The summed E-state index contributed by atoms with van der Waals surface area (Å²) < 4.78 is 49.1. The fourth-order valence-electron chi connectivity index (χ4n) is 4.24. The topological polar surface area (TPSA) is 105 Å². The van der Waals surface area contributed by atoms with Crippen LogP contribution in [0.1, 0.15) is 50.7 Å². The third-order valence-corrected chi connectivity index (χ3v) is 6.41. The Morgan fingerprint density at radius 1 is 1.00 bits per heavy atom. The summed E-state index contributed by atoms with van der Waals surface area (Å²) in [7, 11) is 0. The fraction of sp³-hybridized carbons (Fsp3) is 0.407. The lowest BCUT2D eigenvalue weighted by Crippen LogP contribution is -2.31. The Balaban J connectivity index is 1.48. The van der Waals surface area contributed by atoms with Gasteiger partial charge in [0.2, 0.25) is 0 Å². The number of rotatable bonds is 7. The predicted molar refractivity (Wildman–Crippen MR) is 132 cm³/mol. The van der Waals surface area contributed by atoms with Gasteiger partial charge in [-0.2, -0.15) is 13.2 Å². The number of hydrogen-bond donors (Lipinski definition) is 2. The molecule has 0 amide bonds. The summed E-state index contributed by atoms with van der Waals surface area (Å²) in [6.45, 7) is 3.94. The summed E-state index contributed by atoms with van der Waals surface area (Å²) in [5, 5.41) is 0. The van der Waals surface area contributed by atoms with Crippen molar-refractivity contribution in [3.05, 3.63) is 59.7 Å². The molecule has 194 valence electrons. The zero-order valence-electron chi connectivity index (χ0n) is 20.3. The first-order valence-corrected chi connectivity index (χ1v) is 11.7. The first-order chi connectivity index (χ1) is 16.8. The van der Waals surface area contributed by atoms with Crippen molar-refractivity contribution in [2.24, 2.45) is 11.8 Å². The zero-order valence-corrected chi connectivity index (χ0v) is 20.3. The molecule has 1 fully saturated rings. The molecule has 4 N–H and O–H groups in total. The van der Waals surface area contributed by atoms with Crippen molar-refractivity contribution < 1.29 is 32.2 Å². The van der Waals surface area contributed by atoms with Crippen molar-refractivity contribution in [2.45, 2.75) is 51.1 Å². The number of nitrogen functional groups attached to an aromatic ring is 2. The number of hydrogen-bond acceptors (Lipinski definition) is 6. The maximum absolute atomic E-state index is 12.8. The normalized spacial score (nSPS) is 18.7. The Labute approximate surface area is 208 Å². The van der Waals surface area contributed by atoms with Crippen molar-refractivity contribution in [3.8, 4) is 5.75 Å². The average Bonchev–Trinajstić information content (AvgIpc) is 2.81. The van der Waals surface area contributed by atoms with Crippen molar-refractivity contribution in [3.63, 3.8) is 0 Å². The molecule has 0 aliphatic heterocycles. The van der Waals surface area contributed by atoms with Gasteiger partial charge >= 0.3 is 18.1 Å².